The van der Waals surface area contributed by atoms with Crippen LogP contribution in [0.25, 0.3) is 0 Å². The topological polar surface area (TPSA) is 90.7 Å². The van der Waals surface area contributed by atoms with Crippen molar-refractivity contribution < 1.29 is 27.8 Å². The number of aromatic nitrogens is 3. The first-order valence-electron chi connectivity index (χ1n) is 12.7. The number of carbonyl (C=O) groups excluding carboxylic acids is 1. The third-order valence-corrected chi connectivity index (χ3v) is 6.52. The Balaban J connectivity index is 1.46. The van der Waals surface area contributed by atoms with Crippen LogP contribution in [-0.4, -0.2) is 56.6 Å². The van der Waals surface area contributed by atoms with Gasteiger partial charge in [-0.1, -0.05) is 0 Å². The number of nitrogens with zero attached hydrogens (tertiary/aromatic N) is 4. The van der Waals surface area contributed by atoms with Gasteiger partial charge in [0.25, 0.3) is 0 Å². The molecule has 0 unspecified atom stereocenters. The minimum absolute atomic E-state index is 0.0220. The van der Waals surface area contributed by atoms with E-state index in [0.717, 1.165) is 12.8 Å². The fraction of sp³-hybridized carbons (Fsp3) is 0.654. The monoisotopic (exact) mass is 521 g/mol. The number of carbonyl (C=O) groups is 1. The molecular formula is C26H37F2N5O4. The van der Waals surface area contributed by atoms with Gasteiger partial charge in [0, 0.05) is 26.1 Å². The van der Waals surface area contributed by atoms with E-state index >= 15 is 0 Å². The highest BCUT2D eigenvalue weighted by molar-refractivity contribution is 5.68. The Hall–Kier alpha value is -3.11. The summed E-state index contributed by atoms with van der Waals surface area (Å²) in [6.07, 6.45) is -1.51. The van der Waals surface area contributed by atoms with Gasteiger partial charge in [-0.15, -0.1) is 5.10 Å². The first-order chi connectivity index (χ1) is 17.2. The number of hydrogen-bond donors (Lipinski definition) is 1. The van der Waals surface area contributed by atoms with Gasteiger partial charge in [0.05, 0.1) is 6.04 Å². The predicted octanol–water partition coefficient (Wildman–Crippen LogP) is 6.01. The summed E-state index contributed by atoms with van der Waals surface area (Å²) in [4.78, 5) is 19.0. The molecule has 1 saturated carbocycles. The molecule has 3 atom stereocenters. The highest BCUT2D eigenvalue weighted by atomic mass is 19.3. The molecule has 37 heavy (non-hydrogen) atoms. The molecule has 1 aliphatic heterocycles. The maximum absolute atomic E-state index is 13.3. The maximum Gasteiger partial charge on any atom is 0.410 e. The number of fused-ring (bicyclic) bond motifs is 2. The summed E-state index contributed by atoms with van der Waals surface area (Å²) in [5.74, 6) is 1.53. The molecule has 204 valence electrons. The maximum atomic E-state index is 13.3. The van der Waals surface area contributed by atoms with Crippen LogP contribution in [0.4, 0.5) is 19.5 Å². The van der Waals surface area contributed by atoms with Crippen molar-refractivity contribution in [2.24, 2.45) is 11.8 Å². The molecule has 9 nitrogen and oxygen atoms in total. The summed E-state index contributed by atoms with van der Waals surface area (Å²) < 4.78 is 44.5. The molecule has 2 aromatic rings. The lowest BCUT2D eigenvalue weighted by Gasteiger charge is -2.38. The molecule has 0 radical (unpaired) electrons. The average Bonchev–Trinajstić information content (AvgIpc) is 3.24. The third-order valence-electron chi connectivity index (χ3n) is 6.52. The highest BCUT2D eigenvalue weighted by Gasteiger charge is 2.44. The zero-order chi connectivity index (χ0) is 27.1. The number of halogens is 2. The molecule has 1 aliphatic carbocycles. The van der Waals surface area contributed by atoms with Crippen LogP contribution in [0.2, 0.25) is 0 Å². The van der Waals surface area contributed by atoms with Crippen LogP contribution in [0, 0.1) is 18.8 Å². The van der Waals surface area contributed by atoms with Gasteiger partial charge in [-0.2, -0.15) is 13.8 Å². The van der Waals surface area contributed by atoms with Crippen molar-refractivity contribution in [2.45, 2.75) is 85.1 Å². The minimum Gasteiger partial charge on any atom is -0.444 e. The van der Waals surface area contributed by atoms with E-state index < -0.39 is 11.7 Å². The molecule has 1 saturated heterocycles. The van der Waals surface area contributed by atoms with Crippen LogP contribution in [0.5, 0.6) is 17.5 Å². The number of aryl methyl sites for hydroxylation is 1. The molecule has 2 heterocycles. The Bertz CT molecular complexity index is 1110. The van der Waals surface area contributed by atoms with Gasteiger partial charge >= 0.3 is 18.2 Å². The van der Waals surface area contributed by atoms with Gasteiger partial charge in [-0.25, -0.2) is 9.48 Å². The SMILES string of the molecule is Cc1cc(Oc2nc(N[C@@H]3[C@@H]4CC[C@H]3CN(C(=O)OC(C)(C)C)C4)nn2C(C)C)ccc1OC(C)(F)F. The number of rotatable bonds is 7. The van der Waals surface area contributed by atoms with Gasteiger partial charge in [-0.05, 0) is 90.0 Å². The largest absolute Gasteiger partial charge is 0.444 e. The van der Waals surface area contributed by atoms with Gasteiger partial charge in [0.2, 0.25) is 5.95 Å². The number of benzene rings is 1. The van der Waals surface area contributed by atoms with E-state index in [2.05, 4.69) is 15.4 Å². The summed E-state index contributed by atoms with van der Waals surface area (Å²) >= 11 is 0. The van der Waals surface area contributed by atoms with Crippen molar-refractivity contribution in [1.82, 2.24) is 19.7 Å². The molecule has 1 amide bonds. The zero-order valence-electron chi connectivity index (χ0n) is 22.5. The fourth-order valence-corrected chi connectivity index (χ4v) is 4.96. The molecule has 1 N–H and O–H groups in total. The van der Waals surface area contributed by atoms with Gasteiger partial charge in [0.15, 0.2) is 0 Å². The Kier molecular flexibility index (Phi) is 7.27. The van der Waals surface area contributed by atoms with Gasteiger partial charge in [0.1, 0.15) is 17.1 Å². The summed E-state index contributed by atoms with van der Waals surface area (Å²) in [5.41, 5.74) is -0.0105. The second kappa shape index (κ2) is 9.98. The van der Waals surface area contributed by atoms with Crippen molar-refractivity contribution in [3.05, 3.63) is 23.8 Å². The Labute approximate surface area is 216 Å². The minimum atomic E-state index is -3.27. The van der Waals surface area contributed by atoms with Crippen LogP contribution in [0.15, 0.2) is 18.2 Å². The third kappa shape index (κ3) is 6.61. The van der Waals surface area contributed by atoms with Crippen LogP contribution in [-0.2, 0) is 4.74 Å². The number of ether oxygens (including phenoxy) is 3. The van der Waals surface area contributed by atoms with Gasteiger partial charge in [-0.3, -0.25) is 0 Å². The van der Waals surface area contributed by atoms with E-state index in [1.807, 2.05) is 39.5 Å². The van der Waals surface area contributed by atoms with E-state index in [4.69, 9.17) is 14.2 Å². The van der Waals surface area contributed by atoms with Crippen molar-refractivity contribution in [1.29, 1.82) is 0 Å². The number of hydrogen-bond acceptors (Lipinski definition) is 7. The lowest BCUT2D eigenvalue weighted by atomic mass is 9.92. The second-order valence-corrected chi connectivity index (χ2v) is 11.3. The highest BCUT2D eigenvalue weighted by Crippen LogP contribution is 2.39. The fourth-order valence-electron chi connectivity index (χ4n) is 4.96. The van der Waals surface area contributed by atoms with E-state index in [1.165, 1.54) is 6.07 Å². The molecule has 11 heteroatoms. The standard InChI is InChI=1S/C26H37F2N5O4/c1-15(2)33-23(35-19-10-11-20(16(3)12-19)36-26(7,27)28)30-22(31-33)29-21-17-8-9-18(21)14-32(13-17)24(34)37-25(4,5)6/h10-12,15,17-18,21H,8-9,13-14H2,1-7H3,(H,29,31)/t17-,18+,21-. The number of alkyl halides is 2. The summed E-state index contributed by atoms with van der Waals surface area (Å²) in [7, 11) is 0. The van der Waals surface area contributed by atoms with E-state index in [-0.39, 0.29) is 35.8 Å². The van der Waals surface area contributed by atoms with Crippen molar-refractivity contribution in [2.75, 3.05) is 18.4 Å². The summed E-state index contributed by atoms with van der Waals surface area (Å²) in [6, 6.07) is 5.06. The molecule has 0 spiro atoms. The number of piperidine rings is 1. The van der Waals surface area contributed by atoms with E-state index in [1.54, 1.807) is 23.7 Å². The van der Waals surface area contributed by atoms with E-state index in [9.17, 15) is 13.6 Å². The Morgan fingerprint density at radius 1 is 1.14 bits per heavy atom. The molecule has 1 aromatic carbocycles. The lowest BCUT2D eigenvalue weighted by molar-refractivity contribution is -0.159. The van der Waals surface area contributed by atoms with E-state index in [0.29, 0.717) is 43.3 Å². The van der Waals surface area contributed by atoms with Crippen LogP contribution in [0.1, 0.15) is 66.0 Å². The average molecular weight is 522 g/mol. The Morgan fingerprint density at radius 2 is 1.78 bits per heavy atom. The predicted molar refractivity (Wildman–Crippen MR) is 134 cm³/mol. The van der Waals surface area contributed by atoms with Crippen molar-refractivity contribution >= 4 is 12.0 Å². The molecular weight excluding hydrogens is 484 g/mol. The zero-order valence-corrected chi connectivity index (χ0v) is 22.5. The summed E-state index contributed by atoms with van der Waals surface area (Å²) in [6.45, 7) is 13.2. The quantitative estimate of drug-likeness (QED) is 0.477. The smallest absolute Gasteiger partial charge is 0.410 e. The molecule has 4 rings (SSSR count). The first kappa shape index (κ1) is 26.9. The first-order valence-corrected chi connectivity index (χ1v) is 12.7. The van der Waals surface area contributed by atoms with Crippen LogP contribution >= 0.6 is 0 Å². The number of anilines is 1. The normalized spacial score (nSPS) is 21.8. The second-order valence-electron chi connectivity index (χ2n) is 11.3. The van der Waals surface area contributed by atoms with Crippen molar-refractivity contribution in [3.8, 4) is 17.5 Å². The lowest BCUT2D eigenvalue weighted by Crippen LogP contribution is -2.51. The Morgan fingerprint density at radius 3 is 2.32 bits per heavy atom. The van der Waals surface area contributed by atoms with Crippen LogP contribution in [0.3, 0.4) is 0 Å². The molecule has 2 fully saturated rings. The summed E-state index contributed by atoms with van der Waals surface area (Å²) in [5, 5.41) is 8.12. The molecule has 2 bridgehead atoms. The van der Waals surface area contributed by atoms with Crippen LogP contribution < -0.4 is 14.8 Å². The number of amides is 1. The van der Waals surface area contributed by atoms with Gasteiger partial charge < -0.3 is 24.4 Å². The number of nitrogens with one attached hydrogen (secondary N) is 1. The number of likely N-dealkylation sites (tertiary alicyclic amines) is 1. The molecule has 1 aromatic heterocycles. The van der Waals surface area contributed by atoms with Crippen molar-refractivity contribution in [3.63, 3.8) is 0 Å². The molecule has 2 aliphatic rings.